The van der Waals surface area contributed by atoms with Gasteiger partial charge in [0.25, 0.3) is 0 Å². The monoisotopic (exact) mass is 319 g/mol. The van der Waals surface area contributed by atoms with Crippen LogP contribution in [0.5, 0.6) is 5.75 Å². The summed E-state index contributed by atoms with van der Waals surface area (Å²) in [6.07, 6.45) is 5.12. The number of rotatable bonds is 5. The van der Waals surface area contributed by atoms with Gasteiger partial charge in [0.2, 0.25) is 0 Å². The van der Waals surface area contributed by atoms with Crippen molar-refractivity contribution >= 4 is 0 Å². The summed E-state index contributed by atoms with van der Waals surface area (Å²) in [5.74, 6) is 0.912. The van der Waals surface area contributed by atoms with Crippen molar-refractivity contribution in [3.63, 3.8) is 0 Å². The van der Waals surface area contributed by atoms with E-state index in [1.54, 1.807) is 14.2 Å². The largest absolute Gasteiger partial charge is 0.496 e. The van der Waals surface area contributed by atoms with Crippen molar-refractivity contribution in [3.8, 4) is 5.75 Å². The summed E-state index contributed by atoms with van der Waals surface area (Å²) in [6, 6.07) is 6.48. The van der Waals surface area contributed by atoms with E-state index in [2.05, 4.69) is 23.1 Å². The third-order valence-corrected chi connectivity index (χ3v) is 5.34. The predicted octanol–water partition coefficient (Wildman–Crippen LogP) is 3.23. The van der Waals surface area contributed by atoms with E-state index < -0.39 is 0 Å². The quantitative estimate of drug-likeness (QED) is 0.834. The van der Waals surface area contributed by atoms with Crippen LogP contribution in [0, 0.1) is 5.41 Å². The molecule has 0 N–H and O–H groups in total. The van der Waals surface area contributed by atoms with Crippen LogP contribution in [0.25, 0.3) is 0 Å². The van der Waals surface area contributed by atoms with Crippen molar-refractivity contribution in [2.24, 2.45) is 5.41 Å². The number of likely N-dealkylation sites (tertiary alicyclic amines) is 1. The van der Waals surface area contributed by atoms with Crippen molar-refractivity contribution in [2.75, 3.05) is 40.5 Å². The first-order valence-corrected chi connectivity index (χ1v) is 8.69. The number of hydrogen-bond acceptors (Lipinski definition) is 4. The van der Waals surface area contributed by atoms with Gasteiger partial charge in [-0.2, -0.15) is 0 Å². The summed E-state index contributed by atoms with van der Waals surface area (Å²) in [4.78, 5) is 2.62. The van der Waals surface area contributed by atoms with Crippen LogP contribution in [0.3, 0.4) is 0 Å². The van der Waals surface area contributed by atoms with Gasteiger partial charge in [-0.3, -0.25) is 4.90 Å². The predicted molar refractivity (Wildman–Crippen MR) is 90.7 cm³/mol. The van der Waals surface area contributed by atoms with E-state index in [4.69, 9.17) is 14.2 Å². The third kappa shape index (κ3) is 4.06. The highest BCUT2D eigenvalue weighted by molar-refractivity contribution is 5.37. The van der Waals surface area contributed by atoms with Gasteiger partial charge in [-0.15, -0.1) is 0 Å². The molecule has 2 aliphatic rings. The molecule has 23 heavy (non-hydrogen) atoms. The Morgan fingerprint density at radius 2 is 2.00 bits per heavy atom. The second-order valence-electron chi connectivity index (χ2n) is 7.01. The van der Waals surface area contributed by atoms with Crippen LogP contribution < -0.4 is 4.74 Å². The fourth-order valence-corrected chi connectivity index (χ4v) is 4.11. The molecule has 2 aliphatic heterocycles. The Bertz CT molecular complexity index is 506. The number of hydrogen-bond donors (Lipinski definition) is 0. The molecule has 2 saturated heterocycles. The van der Waals surface area contributed by atoms with E-state index >= 15 is 0 Å². The van der Waals surface area contributed by atoms with Crippen LogP contribution in [-0.4, -0.2) is 45.4 Å². The first-order chi connectivity index (χ1) is 11.2. The lowest BCUT2D eigenvalue weighted by Crippen LogP contribution is -2.45. The molecule has 4 nitrogen and oxygen atoms in total. The maximum absolute atomic E-state index is 5.57. The molecule has 0 atom stereocenters. The Kier molecular flexibility index (Phi) is 5.57. The van der Waals surface area contributed by atoms with Gasteiger partial charge in [-0.25, -0.2) is 0 Å². The number of methoxy groups -OCH3 is 2. The van der Waals surface area contributed by atoms with Crippen LogP contribution in [0.15, 0.2) is 18.2 Å². The maximum atomic E-state index is 5.57. The van der Waals surface area contributed by atoms with Crippen molar-refractivity contribution in [1.82, 2.24) is 4.90 Å². The summed E-state index contributed by atoms with van der Waals surface area (Å²) < 4.78 is 16.3. The van der Waals surface area contributed by atoms with E-state index in [0.717, 1.165) is 31.1 Å². The zero-order valence-electron chi connectivity index (χ0n) is 14.5. The van der Waals surface area contributed by atoms with Crippen LogP contribution in [0.2, 0.25) is 0 Å². The average molecular weight is 319 g/mol. The second-order valence-corrected chi connectivity index (χ2v) is 7.01. The van der Waals surface area contributed by atoms with Gasteiger partial charge in [0.05, 0.1) is 13.7 Å². The number of benzene rings is 1. The number of piperidine rings is 1. The minimum Gasteiger partial charge on any atom is -0.496 e. The van der Waals surface area contributed by atoms with Gasteiger partial charge >= 0.3 is 0 Å². The van der Waals surface area contributed by atoms with Gasteiger partial charge < -0.3 is 14.2 Å². The molecule has 1 aromatic carbocycles. The summed E-state index contributed by atoms with van der Waals surface area (Å²) in [7, 11) is 3.44. The number of ether oxygens (including phenoxy) is 3. The fourth-order valence-electron chi connectivity index (χ4n) is 4.11. The summed E-state index contributed by atoms with van der Waals surface area (Å²) >= 11 is 0. The summed E-state index contributed by atoms with van der Waals surface area (Å²) in [5, 5.41) is 0. The first-order valence-electron chi connectivity index (χ1n) is 8.69. The first kappa shape index (κ1) is 16.7. The summed E-state index contributed by atoms with van der Waals surface area (Å²) in [5.41, 5.74) is 2.98. The van der Waals surface area contributed by atoms with Gasteiger partial charge in [-0.1, -0.05) is 6.07 Å². The van der Waals surface area contributed by atoms with Crippen LogP contribution in [-0.2, 0) is 22.6 Å². The van der Waals surface area contributed by atoms with E-state index in [-0.39, 0.29) is 0 Å². The molecular weight excluding hydrogens is 290 g/mol. The average Bonchev–Trinajstić information content (AvgIpc) is 2.56. The third-order valence-electron chi connectivity index (χ3n) is 5.34. The fraction of sp³-hybridized carbons (Fsp3) is 0.684. The standard InChI is InChI=1S/C19H29NO3/c1-21-14-17-12-16(4-5-18(17)22-2)13-20-9-3-6-19(15-20)7-10-23-11-8-19/h4-5,12H,3,6-11,13-15H2,1-2H3. The molecule has 1 aromatic rings. The molecule has 0 aromatic heterocycles. The normalized spacial score (nSPS) is 21.5. The molecule has 2 heterocycles. The zero-order valence-corrected chi connectivity index (χ0v) is 14.5. The highest BCUT2D eigenvalue weighted by Crippen LogP contribution is 2.39. The molecular formula is C19H29NO3. The Hall–Kier alpha value is -1.10. The van der Waals surface area contributed by atoms with Gasteiger partial charge in [-0.05, 0) is 55.3 Å². The SMILES string of the molecule is COCc1cc(CN2CCCC3(CCOCC3)C2)ccc1OC. The molecule has 0 amide bonds. The Morgan fingerprint density at radius 3 is 2.74 bits per heavy atom. The van der Waals surface area contributed by atoms with E-state index in [9.17, 15) is 0 Å². The lowest BCUT2D eigenvalue weighted by atomic mass is 9.74. The molecule has 0 aliphatic carbocycles. The molecule has 0 bridgehead atoms. The molecule has 3 rings (SSSR count). The van der Waals surface area contributed by atoms with Crippen molar-refractivity contribution in [3.05, 3.63) is 29.3 Å². The van der Waals surface area contributed by atoms with Crippen molar-refractivity contribution < 1.29 is 14.2 Å². The topological polar surface area (TPSA) is 30.9 Å². The van der Waals surface area contributed by atoms with Crippen LogP contribution >= 0.6 is 0 Å². The second kappa shape index (κ2) is 7.65. The highest BCUT2D eigenvalue weighted by Gasteiger charge is 2.36. The lowest BCUT2D eigenvalue weighted by Gasteiger charge is -2.45. The van der Waals surface area contributed by atoms with Crippen molar-refractivity contribution in [1.29, 1.82) is 0 Å². The minimum absolute atomic E-state index is 0.498. The molecule has 0 radical (unpaired) electrons. The van der Waals surface area contributed by atoms with E-state index in [1.165, 1.54) is 44.3 Å². The molecule has 128 valence electrons. The molecule has 1 spiro atoms. The number of nitrogens with zero attached hydrogens (tertiary/aromatic N) is 1. The molecule has 0 saturated carbocycles. The molecule has 2 fully saturated rings. The van der Waals surface area contributed by atoms with Crippen molar-refractivity contribution in [2.45, 2.75) is 38.8 Å². The van der Waals surface area contributed by atoms with Gasteiger partial charge in [0.15, 0.2) is 0 Å². The highest BCUT2D eigenvalue weighted by atomic mass is 16.5. The van der Waals surface area contributed by atoms with Crippen LogP contribution in [0.4, 0.5) is 0 Å². The Balaban J connectivity index is 1.67. The van der Waals surface area contributed by atoms with E-state index in [1.807, 2.05) is 0 Å². The molecule has 0 unspecified atom stereocenters. The Morgan fingerprint density at radius 1 is 1.17 bits per heavy atom. The van der Waals surface area contributed by atoms with Crippen LogP contribution in [0.1, 0.15) is 36.8 Å². The smallest absolute Gasteiger partial charge is 0.124 e. The zero-order chi connectivity index (χ0) is 16.1. The molecule has 4 heteroatoms. The maximum Gasteiger partial charge on any atom is 0.124 e. The summed E-state index contributed by atoms with van der Waals surface area (Å²) in [6.45, 7) is 5.90. The van der Waals surface area contributed by atoms with Gasteiger partial charge in [0.1, 0.15) is 5.75 Å². The van der Waals surface area contributed by atoms with E-state index in [0.29, 0.717) is 12.0 Å². The Labute approximate surface area is 139 Å². The lowest BCUT2D eigenvalue weighted by molar-refractivity contribution is -0.0291. The van der Waals surface area contributed by atoms with Gasteiger partial charge in [0, 0.05) is 39.0 Å². The minimum atomic E-state index is 0.498.